The van der Waals surface area contributed by atoms with Gasteiger partial charge < -0.3 is 5.11 Å². The van der Waals surface area contributed by atoms with Crippen molar-refractivity contribution in [3.05, 3.63) is 12.2 Å². The van der Waals surface area contributed by atoms with E-state index in [0.717, 1.165) is 25.7 Å². The van der Waals surface area contributed by atoms with Crippen molar-refractivity contribution in [1.82, 2.24) is 0 Å². The lowest BCUT2D eigenvalue weighted by atomic mass is 9.85. The van der Waals surface area contributed by atoms with Gasteiger partial charge in [0.2, 0.25) is 0 Å². The van der Waals surface area contributed by atoms with Crippen LogP contribution >= 0.6 is 0 Å². The zero-order valence-corrected chi connectivity index (χ0v) is 6.62. The van der Waals surface area contributed by atoms with Crippen LogP contribution in [0.2, 0.25) is 0 Å². The predicted octanol–water partition coefficient (Wildman–Crippen LogP) is 1.44. The maximum Gasteiger partial charge on any atom is 0.142 e. The molecule has 62 valence electrons. The van der Waals surface area contributed by atoms with Crippen molar-refractivity contribution in [1.29, 1.82) is 0 Å². The van der Waals surface area contributed by atoms with E-state index < -0.39 is 5.60 Å². The standard InChI is InChI=1S/C9H14O2/c10-8-4-7-9(11)5-2-1-3-6-9/h4,7-8,11H,1-3,5-6H2. The molecule has 0 heterocycles. The molecule has 11 heavy (non-hydrogen) atoms. The Bertz CT molecular complexity index is 155. The Balaban J connectivity index is 2.49. The Morgan fingerprint density at radius 2 is 1.82 bits per heavy atom. The van der Waals surface area contributed by atoms with Crippen LogP contribution in [0.5, 0.6) is 0 Å². The Morgan fingerprint density at radius 3 is 2.36 bits per heavy atom. The minimum atomic E-state index is -0.681. The van der Waals surface area contributed by atoms with Crippen LogP contribution in [-0.2, 0) is 4.79 Å². The van der Waals surface area contributed by atoms with Crippen LogP contribution in [0.3, 0.4) is 0 Å². The van der Waals surface area contributed by atoms with Gasteiger partial charge in [-0.15, -0.1) is 0 Å². The van der Waals surface area contributed by atoms with Crippen molar-refractivity contribution in [2.75, 3.05) is 0 Å². The summed E-state index contributed by atoms with van der Waals surface area (Å²) in [6.07, 6.45) is 8.68. The minimum absolute atomic E-state index is 0.681. The van der Waals surface area contributed by atoms with Crippen LogP contribution in [0.1, 0.15) is 32.1 Å². The van der Waals surface area contributed by atoms with Crippen LogP contribution in [0.25, 0.3) is 0 Å². The summed E-state index contributed by atoms with van der Waals surface area (Å²) >= 11 is 0. The average molecular weight is 154 g/mol. The monoisotopic (exact) mass is 154 g/mol. The molecule has 0 spiro atoms. The number of carbonyl (C=O) groups excluding carboxylic acids is 1. The number of allylic oxidation sites excluding steroid dienone is 1. The molecule has 0 amide bonds. The van der Waals surface area contributed by atoms with Crippen LogP contribution in [0.4, 0.5) is 0 Å². The van der Waals surface area contributed by atoms with Crippen LogP contribution < -0.4 is 0 Å². The molecule has 0 saturated heterocycles. The highest BCUT2D eigenvalue weighted by molar-refractivity contribution is 5.65. The second kappa shape index (κ2) is 3.67. The summed E-state index contributed by atoms with van der Waals surface area (Å²) in [7, 11) is 0. The van der Waals surface area contributed by atoms with Gasteiger partial charge in [-0.3, -0.25) is 4.79 Å². The molecule has 0 radical (unpaired) electrons. The van der Waals surface area contributed by atoms with E-state index in [1.165, 1.54) is 12.5 Å². The Labute approximate surface area is 66.9 Å². The van der Waals surface area contributed by atoms with Gasteiger partial charge in [0.1, 0.15) is 6.29 Å². The zero-order chi connectivity index (χ0) is 8.16. The first kappa shape index (κ1) is 8.47. The lowest BCUT2D eigenvalue weighted by molar-refractivity contribution is -0.104. The molecule has 1 aliphatic carbocycles. The van der Waals surface area contributed by atoms with Gasteiger partial charge in [0.05, 0.1) is 5.60 Å². The lowest BCUT2D eigenvalue weighted by Gasteiger charge is -2.28. The fraction of sp³-hybridized carbons (Fsp3) is 0.667. The maximum absolute atomic E-state index is 9.99. The van der Waals surface area contributed by atoms with Gasteiger partial charge in [0.25, 0.3) is 0 Å². The molecule has 0 bridgehead atoms. The third-order valence-electron chi connectivity index (χ3n) is 2.20. The van der Waals surface area contributed by atoms with Gasteiger partial charge in [0, 0.05) is 0 Å². The summed E-state index contributed by atoms with van der Waals surface area (Å²) in [5, 5.41) is 9.76. The Kier molecular flexibility index (Phi) is 2.83. The zero-order valence-electron chi connectivity index (χ0n) is 6.62. The molecule has 1 rings (SSSR count). The molecule has 0 aromatic heterocycles. The summed E-state index contributed by atoms with van der Waals surface area (Å²) in [6.45, 7) is 0. The largest absolute Gasteiger partial charge is 0.386 e. The quantitative estimate of drug-likeness (QED) is 0.482. The van der Waals surface area contributed by atoms with E-state index >= 15 is 0 Å². The molecule has 1 fully saturated rings. The molecule has 0 aromatic carbocycles. The van der Waals surface area contributed by atoms with E-state index in [2.05, 4.69) is 0 Å². The van der Waals surface area contributed by atoms with Gasteiger partial charge in [-0.05, 0) is 25.0 Å². The summed E-state index contributed by atoms with van der Waals surface area (Å²) in [4.78, 5) is 9.99. The molecule has 0 atom stereocenters. The third-order valence-corrected chi connectivity index (χ3v) is 2.20. The van der Waals surface area contributed by atoms with Gasteiger partial charge >= 0.3 is 0 Å². The topological polar surface area (TPSA) is 37.3 Å². The van der Waals surface area contributed by atoms with Gasteiger partial charge in [-0.25, -0.2) is 0 Å². The number of hydrogen-bond acceptors (Lipinski definition) is 2. The first-order valence-electron chi connectivity index (χ1n) is 4.12. The third kappa shape index (κ3) is 2.46. The van der Waals surface area contributed by atoms with Crippen molar-refractivity contribution < 1.29 is 9.90 Å². The molecular formula is C9H14O2. The summed E-state index contributed by atoms with van der Waals surface area (Å²) in [5.41, 5.74) is -0.681. The van der Waals surface area contributed by atoms with Crippen molar-refractivity contribution in [2.24, 2.45) is 0 Å². The van der Waals surface area contributed by atoms with Crippen molar-refractivity contribution in [3.8, 4) is 0 Å². The van der Waals surface area contributed by atoms with E-state index in [-0.39, 0.29) is 0 Å². The number of rotatable bonds is 2. The van der Waals surface area contributed by atoms with Gasteiger partial charge in [-0.2, -0.15) is 0 Å². The van der Waals surface area contributed by atoms with E-state index in [4.69, 9.17) is 0 Å². The normalized spacial score (nSPS) is 23.7. The second-order valence-corrected chi connectivity index (χ2v) is 3.16. The van der Waals surface area contributed by atoms with Crippen LogP contribution in [0, 0.1) is 0 Å². The Hall–Kier alpha value is -0.630. The van der Waals surface area contributed by atoms with Crippen molar-refractivity contribution in [2.45, 2.75) is 37.7 Å². The number of aliphatic hydroxyl groups is 1. The smallest absolute Gasteiger partial charge is 0.142 e. The molecule has 2 heteroatoms. The highest BCUT2D eigenvalue weighted by atomic mass is 16.3. The molecule has 1 aliphatic rings. The molecular weight excluding hydrogens is 140 g/mol. The molecule has 0 unspecified atom stereocenters. The highest BCUT2D eigenvalue weighted by Crippen LogP contribution is 2.28. The predicted molar refractivity (Wildman–Crippen MR) is 43.2 cm³/mol. The fourth-order valence-corrected chi connectivity index (χ4v) is 1.55. The Morgan fingerprint density at radius 1 is 1.18 bits per heavy atom. The molecule has 1 saturated carbocycles. The molecule has 2 nitrogen and oxygen atoms in total. The summed E-state index contributed by atoms with van der Waals surface area (Å²) in [5.74, 6) is 0. The number of hydrogen-bond donors (Lipinski definition) is 1. The van der Waals surface area contributed by atoms with E-state index in [1.807, 2.05) is 0 Å². The highest BCUT2D eigenvalue weighted by Gasteiger charge is 2.25. The van der Waals surface area contributed by atoms with Crippen LogP contribution in [0.15, 0.2) is 12.2 Å². The molecule has 0 aromatic rings. The van der Waals surface area contributed by atoms with Gasteiger partial charge in [-0.1, -0.05) is 19.3 Å². The summed E-state index contributed by atoms with van der Waals surface area (Å²) < 4.78 is 0. The molecule has 0 aliphatic heterocycles. The number of carbonyl (C=O) groups is 1. The minimum Gasteiger partial charge on any atom is -0.386 e. The first-order valence-corrected chi connectivity index (χ1v) is 4.12. The molecule has 1 N–H and O–H groups in total. The van der Waals surface area contributed by atoms with Crippen molar-refractivity contribution >= 4 is 6.29 Å². The summed E-state index contributed by atoms with van der Waals surface area (Å²) in [6, 6.07) is 0. The van der Waals surface area contributed by atoms with E-state index in [1.54, 1.807) is 6.08 Å². The maximum atomic E-state index is 9.99. The van der Waals surface area contributed by atoms with Crippen LogP contribution in [-0.4, -0.2) is 17.0 Å². The van der Waals surface area contributed by atoms with E-state index in [0.29, 0.717) is 6.29 Å². The van der Waals surface area contributed by atoms with Gasteiger partial charge in [0.15, 0.2) is 0 Å². The lowest BCUT2D eigenvalue weighted by Crippen LogP contribution is -2.28. The fourth-order valence-electron chi connectivity index (χ4n) is 1.55. The average Bonchev–Trinajstić information content (AvgIpc) is 2.03. The van der Waals surface area contributed by atoms with E-state index in [9.17, 15) is 9.90 Å². The second-order valence-electron chi connectivity index (χ2n) is 3.16. The number of aldehydes is 1. The first-order chi connectivity index (χ1) is 5.27. The van der Waals surface area contributed by atoms with Crippen molar-refractivity contribution in [3.63, 3.8) is 0 Å². The SMILES string of the molecule is O=CC=CC1(O)CCCCC1.